The predicted molar refractivity (Wildman–Crippen MR) is 127 cm³/mol. The van der Waals surface area contributed by atoms with Gasteiger partial charge >= 0.3 is 6.03 Å². The molecule has 7 heteroatoms. The molecule has 1 saturated heterocycles. The average molecular weight is 554 g/mol. The third-order valence-electron chi connectivity index (χ3n) is 8.72. The summed E-state index contributed by atoms with van der Waals surface area (Å²) in [6.45, 7) is 3.40. The SMILES string of the molecule is C[C@]12CCC3c4ccc(OCCBr)cc4CCC3C1CCC21NC(=O)N(CCBr)C1=O. The van der Waals surface area contributed by atoms with Gasteiger partial charge in [0.1, 0.15) is 11.3 Å². The van der Waals surface area contributed by atoms with Gasteiger partial charge in [-0.25, -0.2) is 4.79 Å². The quantitative estimate of drug-likeness (QED) is 0.412. The van der Waals surface area contributed by atoms with E-state index >= 15 is 0 Å². The highest BCUT2D eigenvalue weighted by molar-refractivity contribution is 9.09. The van der Waals surface area contributed by atoms with Crippen LogP contribution in [0, 0.1) is 17.3 Å². The maximum Gasteiger partial charge on any atom is 0.325 e. The molecule has 1 aromatic rings. The number of urea groups is 1. The first kappa shape index (κ1) is 21.7. The van der Waals surface area contributed by atoms with Crippen molar-refractivity contribution < 1.29 is 14.3 Å². The maximum atomic E-state index is 13.5. The molecule has 2 saturated carbocycles. The second kappa shape index (κ2) is 8.05. The number of ether oxygens (including phenoxy) is 1. The van der Waals surface area contributed by atoms with Crippen LogP contribution in [0.3, 0.4) is 0 Å². The summed E-state index contributed by atoms with van der Waals surface area (Å²) in [5.41, 5.74) is 2.03. The molecule has 3 fully saturated rings. The summed E-state index contributed by atoms with van der Waals surface area (Å²) >= 11 is 6.81. The first-order chi connectivity index (χ1) is 14.9. The van der Waals surface area contributed by atoms with E-state index in [2.05, 4.69) is 62.3 Å². The monoisotopic (exact) mass is 552 g/mol. The molecule has 5 atom stereocenters. The predicted octanol–water partition coefficient (Wildman–Crippen LogP) is 5.00. The van der Waals surface area contributed by atoms with E-state index in [1.807, 2.05) is 0 Å². The van der Waals surface area contributed by atoms with Gasteiger partial charge in [0.15, 0.2) is 0 Å². The Kier molecular flexibility index (Phi) is 5.65. The minimum Gasteiger partial charge on any atom is -0.493 e. The van der Waals surface area contributed by atoms with Crippen LogP contribution in [0.1, 0.15) is 56.1 Å². The molecule has 1 aromatic carbocycles. The molecule has 3 amide bonds. The van der Waals surface area contributed by atoms with Crippen molar-refractivity contribution in [3.05, 3.63) is 29.3 Å². The van der Waals surface area contributed by atoms with Crippen molar-refractivity contribution in [2.75, 3.05) is 23.8 Å². The molecule has 1 N–H and O–H groups in total. The summed E-state index contributed by atoms with van der Waals surface area (Å²) in [5, 5.41) is 4.64. The number of halogens is 2. The van der Waals surface area contributed by atoms with Gasteiger partial charge in [0, 0.05) is 22.6 Å². The zero-order valence-corrected chi connectivity index (χ0v) is 21.1. The normalized spacial score (nSPS) is 36.2. The maximum absolute atomic E-state index is 13.5. The lowest BCUT2D eigenvalue weighted by Gasteiger charge is -2.53. The van der Waals surface area contributed by atoms with Crippen LogP contribution in [0.15, 0.2) is 18.2 Å². The molecular formula is C24H30Br2N2O3. The number of carbonyl (C=O) groups is 2. The van der Waals surface area contributed by atoms with Crippen molar-refractivity contribution >= 4 is 43.8 Å². The number of amides is 3. The van der Waals surface area contributed by atoms with E-state index in [0.29, 0.717) is 36.2 Å². The highest BCUT2D eigenvalue weighted by atomic mass is 79.9. The van der Waals surface area contributed by atoms with Crippen LogP contribution in [0.2, 0.25) is 0 Å². The Labute approximate surface area is 200 Å². The van der Waals surface area contributed by atoms with Gasteiger partial charge in [-0.1, -0.05) is 44.8 Å². The highest BCUT2D eigenvalue weighted by Crippen LogP contribution is 2.65. The highest BCUT2D eigenvalue weighted by Gasteiger charge is 2.69. The molecular weight excluding hydrogens is 524 g/mol. The molecule has 5 rings (SSSR count). The summed E-state index contributed by atoms with van der Waals surface area (Å²) in [6, 6.07) is 6.42. The van der Waals surface area contributed by atoms with E-state index in [-0.39, 0.29) is 17.4 Å². The van der Waals surface area contributed by atoms with Gasteiger partial charge < -0.3 is 10.1 Å². The molecule has 31 heavy (non-hydrogen) atoms. The lowest BCUT2D eigenvalue weighted by Crippen LogP contribution is -2.60. The first-order valence-corrected chi connectivity index (χ1v) is 13.7. The van der Waals surface area contributed by atoms with Crippen molar-refractivity contribution in [3.8, 4) is 5.75 Å². The summed E-state index contributed by atoms with van der Waals surface area (Å²) < 4.78 is 5.83. The van der Waals surface area contributed by atoms with Crippen LogP contribution < -0.4 is 10.1 Å². The summed E-state index contributed by atoms with van der Waals surface area (Å²) in [7, 11) is 0. The van der Waals surface area contributed by atoms with E-state index < -0.39 is 5.54 Å². The molecule has 168 valence electrons. The van der Waals surface area contributed by atoms with Crippen LogP contribution in [-0.4, -0.2) is 46.2 Å². The zero-order valence-electron chi connectivity index (χ0n) is 18.0. The Morgan fingerprint density at radius 1 is 1.16 bits per heavy atom. The van der Waals surface area contributed by atoms with E-state index in [4.69, 9.17) is 4.74 Å². The van der Waals surface area contributed by atoms with Gasteiger partial charge in [-0.2, -0.15) is 0 Å². The standard InChI is InChI=1S/C24H30Br2N2O3/c1-23-8-6-18-17-5-3-16(31-13-11-26)14-15(17)2-4-19(18)20(23)7-9-24(23)21(29)28(12-10-25)22(30)27-24/h3,5,14,18-20H,2,4,6-13H2,1H3,(H,27,30)/t18?,19?,20?,23-,24?/m0/s1. The zero-order chi connectivity index (χ0) is 21.8. The van der Waals surface area contributed by atoms with Crippen LogP contribution in [0.4, 0.5) is 4.79 Å². The summed E-state index contributed by atoms with van der Waals surface area (Å²) in [6.07, 6.45) is 6.07. The number of nitrogens with one attached hydrogen (secondary N) is 1. The van der Waals surface area contributed by atoms with Gasteiger partial charge in [-0.3, -0.25) is 9.69 Å². The molecule has 1 aliphatic heterocycles. The minimum absolute atomic E-state index is 0.00481. The Bertz CT molecular complexity index is 909. The van der Waals surface area contributed by atoms with E-state index in [1.54, 1.807) is 0 Å². The third-order valence-corrected chi connectivity index (χ3v) is 9.40. The van der Waals surface area contributed by atoms with Crippen molar-refractivity contribution in [1.82, 2.24) is 10.2 Å². The number of carbonyl (C=O) groups excluding carboxylic acids is 2. The van der Waals surface area contributed by atoms with Gasteiger partial charge in [0.2, 0.25) is 0 Å². The van der Waals surface area contributed by atoms with E-state index in [9.17, 15) is 9.59 Å². The number of hydrogen-bond donors (Lipinski definition) is 1. The molecule has 0 radical (unpaired) electrons. The Morgan fingerprint density at radius 2 is 2.00 bits per heavy atom. The van der Waals surface area contributed by atoms with Crippen LogP contribution in [-0.2, 0) is 11.2 Å². The van der Waals surface area contributed by atoms with Gasteiger partial charge in [0.05, 0.1) is 6.61 Å². The van der Waals surface area contributed by atoms with Gasteiger partial charge in [-0.05, 0) is 79.5 Å². The molecule has 3 aliphatic carbocycles. The number of imide groups is 1. The van der Waals surface area contributed by atoms with Crippen molar-refractivity contribution in [1.29, 1.82) is 0 Å². The van der Waals surface area contributed by atoms with Gasteiger partial charge in [-0.15, -0.1) is 0 Å². The number of aryl methyl sites for hydroxylation is 1. The second-order valence-corrected chi connectivity index (χ2v) is 11.4. The Hall–Kier alpha value is -1.08. The fourth-order valence-electron chi connectivity index (χ4n) is 7.32. The Balaban J connectivity index is 1.42. The lowest BCUT2D eigenvalue weighted by molar-refractivity contribution is -0.137. The molecule has 5 nitrogen and oxygen atoms in total. The number of alkyl halides is 2. The average Bonchev–Trinajstić information content (AvgIpc) is 3.20. The molecule has 0 bridgehead atoms. The van der Waals surface area contributed by atoms with Crippen LogP contribution in [0.25, 0.3) is 0 Å². The fourth-order valence-corrected chi connectivity index (χ4v) is 7.83. The molecule has 1 spiro atoms. The van der Waals surface area contributed by atoms with Crippen molar-refractivity contribution in [2.24, 2.45) is 17.3 Å². The minimum atomic E-state index is -0.713. The van der Waals surface area contributed by atoms with Crippen molar-refractivity contribution in [3.63, 3.8) is 0 Å². The number of nitrogens with zero attached hydrogens (tertiary/aromatic N) is 1. The summed E-state index contributed by atoms with van der Waals surface area (Å²) in [5.74, 6) is 2.56. The topological polar surface area (TPSA) is 58.6 Å². The van der Waals surface area contributed by atoms with E-state index in [0.717, 1.165) is 49.6 Å². The number of benzene rings is 1. The Morgan fingerprint density at radius 3 is 2.77 bits per heavy atom. The second-order valence-electron chi connectivity index (χ2n) is 9.79. The van der Waals surface area contributed by atoms with Crippen molar-refractivity contribution in [2.45, 2.75) is 56.9 Å². The third kappa shape index (κ3) is 3.12. The van der Waals surface area contributed by atoms with E-state index in [1.165, 1.54) is 16.0 Å². The number of fused-ring (bicyclic) bond motifs is 6. The van der Waals surface area contributed by atoms with Crippen LogP contribution in [0.5, 0.6) is 5.75 Å². The number of hydrogen-bond acceptors (Lipinski definition) is 3. The smallest absolute Gasteiger partial charge is 0.325 e. The first-order valence-electron chi connectivity index (χ1n) is 11.5. The van der Waals surface area contributed by atoms with Crippen LogP contribution >= 0.6 is 31.9 Å². The molecule has 1 heterocycles. The number of rotatable bonds is 5. The molecule has 4 aliphatic rings. The largest absolute Gasteiger partial charge is 0.493 e. The fraction of sp³-hybridized carbons (Fsp3) is 0.667. The lowest BCUT2D eigenvalue weighted by atomic mass is 9.52. The summed E-state index contributed by atoms with van der Waals surface area (Å²) in [4.78, 5) is 27.6. The molecule has 0 aromatic heterocycles. The molecule has 4 unspecified atom stereocenters. The van der Waals surface area contributed by atoms with Gasteiger partial charge in [0.25, 0.3) is 5.91 Å².